The molecule has 1 aliphatic heterocycles. The Morgan fingerprint density at radius 3 is 2.19 bits per heavy atom. The summed E-state index contributed by atoms with van der Waals surface area (Å²) in [5.41, 5.74) is 9.26. The highest BCUT2D eigenvalue weighted by molar-refractivity contribution is 5.54. The Kier molecular flexibility index (Phi) is 5.00. The van der Waals surface area contributed by atoms with Gasteiger partial charge in [0.05, 0.1) is 6.10 Å². The van der Waals surface area contributed by atoms with Gasteiger partial charge in [-0.3, -0.25) is 0 Å². The van der Waals surface area contributed by atoms with Gasteiger partial charge >= 0.3 is 0 Å². The summed E-state index contributed by atoms with van der Waals surface area (Å²) < 4.78 is 0. The van der Waals surface area contributed by atoms with Crippen molar-refractivity contribution in [2.45, 2.75) is 65.1 Å². The monoisotopic (exact) mass is 364 g/mol. The molecule has 1 aliphatic carbocycles. The molecule has 2 aromatic carbocycles. The first-order valence-electron chi connectivity index (χ1n) is 10.3. The molecule has 0 unspecified atom stereocenters. The van der Waals surface area contributed by atoms with Gasteiger partial charge in [0.25, 0.3) is 0 Å². The predicted octanol–water partition coefficient (Wildman–Crippen LogP) is 4.14. The molecular formula is C24H32N2O. The van der Waals surface area contributed by atoms with E-state index in [0.29, 0.717) is 6.04 Å². The van der Waals surface area contributed by atoms with Crippen LogP contribution >= 0.6 is 0 Å². The number of piperidine rings is 1. The van der Waals surface area contributed by atoms with Crippen molar-refractivity contribution in [1.29, 1.82) is 0 Å². The average molecular weight is 365 g/mol. The normalized spacial score (nSPS) is 22.9. The van der Waals surface area contributed by atoms with Crippen molar-refractivity contribution in [3.05, 3.63) is 63.7 Å². The number of nitrogens with one attached hydrogen (secondary N) is 1. The van der Waals surface area contributed by atoms with Crippen molar-refractivity contribution in [2.24, 2.45) is 0 Å². The van der Waals surface area contributed by atoms with Gasteiger partial charge in [0.1, 0.15) is 0 Å². The van der Waals surface area contributed by atoms with Gasteiger partial charge in [-0.15, -0.1) is 0 Å². The molecule has 1 fully saturated rings. The lowest BCUT2D eigenvalue weighted by Gasteiger charge is -2.35. The summed E-state index contributed by atoms with van der Waals surface area (Å²) in [7, 11) is 0. The number of benzene rings is 2. The number of nitrogens with zero attached hydrogens (tertiary/aromatic N) is 1. The van der Waals surface area contributed by atoms with Crippen molar-refractivity contribution in [1.82, 2.24) is 5.32 Å². The maximum absolute atomic E-state index is 11.0. The fourth-order valence-electron chi connectivity index (χ4n) is 5.01. The van der Waals surface area contributed by atoms with Gasteiger partial charge in [0.2, 0.25) is 0 Å². The Hall–Kier alpha value is -1.84. The van der Waals surface area contributed by atoms with E-state index < -0.39 is 0 Å². The van der Waals surface area contributed by atoms with Crippen LogP contribution in [-0.4, -0.2) is 30.3 Å². The van der Waals surface area contributed by atoms with Crippen LogP contribution in [0.1, 0.15) is 52.3 Å². The Labute approximate surface area is 163 Å². The van der Waals surface area contributed by atoms with Gasteiger partial charge < -0.3 is 15.3 Å². The summed E-state index contributed by atoms with van der Waals surface area (Å²) in [6, 6.07) is 11.3. The van der Waals surface area contributed by atoms with Crippen molar-refractivity contribution < 1.29 is 5.11 Å². The van der Waals surface area contributed by atoms with Crippen LogP contribution in [0.4, 0.5) is 5.69 Å². The molecule has 0 aromatic heterocycles. The maximum atomic E-state index is 11.0. The van der Waals surface area contributed by atoms with E-state index in [2.05, 4.69) is 68.2 Å². The first-order valence-corrected chi connectivity index (χ1v) is 10.3. The van der Waals surface area contributed by atoms with Crippen LogP contribution in [0.5, 0.6) is 0 Å². The third-order valence-electron chi connectivity index (χ3n) is 7.04. The summed E-state index contributed by atoms with van der Waals surface area (Å²) in [6.07, 6.45) is 2.82. The molecule has 3 nitrogen and oxygen atoms in total. The topological polar surface area (TPSA) is 35.5 Å². The molecule has 1 saturated heterocycles. The molecule has 0 amide bonds. The van der Waals surface area contributed by atoms with E-state index in [1.54, 1.807) is 0 Å². The lowest BCUT2D eigenvalue weighted by molar-refractivity contribution is 0.131. The van der Waals surface area contributed by atoms with E-state index in [1.807, 2.05) is 0 Å². The van der Waals surface area contributed by atoms with E-state index >= 15 is 0 Å². The van der Waals surface area contributed by atoms with Crippen LogP contribution in [0.25, 0.3) is 0 Å². The van der Waals surface area contributed by atoms with Crippen LogP contribution in [-0.2, 0) is 6.42 Å². The SMILES string of the molecule is Cc1c(C)c(C)c2c(c1C)C[C@H](NC1CCN(c3ccccc3)CC1)[C@@H]2O. The number of rotatable bonds is 3. The quantitative estimate of drug-likeness (QED) is 0.859. The molecule has 2 aliphatic rings. The largest absolute Gasteiger partial charge is 0.387 e. The molecule has 3 heteroatoms. The third-order valence-corrected chi connectivity index (χ3v) is 7.04. The highest BCUT2D eigenvalue weighted by Gasteiger charge is 2.36. The first kappa shape index (κ1) is 18.5. The molecule has 1 heterocycles. The Bertz CT molecular complexity index is 822. The molecule has 0 saturated carbocycles. The molecule has 27 heavy (non-hydrogen) atoms. The summed E-state index contributed by atoms with van der Waals surface area (Å²) in [6.45, 7) is 10.9. The summed E-state index contributed by atoms with van der Waals surface area (Å²) >= 11 is 0. The fraction of sp³-hybridized carbons (Fsp3) is 0.500. The minimum Gasteiger partial charge on any atom is -0.387 e. The number of hydrogen-bond acceptors (Lipinski definition) is 3. The van der Waals surface area contributed by atoms with Gasteiger partial charge in [-0.1, -0.05) is 18.2 Å². The van der Waals surface area contributed by atoms with Crippen molar-refractivity contribution >= 4 is 5.69 Å². The minimum atomic E-state index is -0.384. The highest BCUT2D eigenvalue weighted by atomic mass is 16.3. The average Bonchev–Trinajstić information content (AvgIpc) is 3.02. The molecule has 144 valence electrons. The molecule has 2 atom stereocenters. The number of aliphatic hydroxyl groups is 1. The highest BCUT2D eigenvalue weighted by Crippen LogP contribution is 2.39. The summed E-state index contributed by atoms with van der Waals surface area (Å²) in [5, 5.41) is 14.9. The third kappa shape index (κ3) is 3.28. The summed E-state index contributed by atoms with van der Waals surface area (Å²) in [4.78, 5) is 2.47. The van der Waals surface area contributed by atoms with Gasteiger partial charge in [-0.05, 0) is 92.5 Å². The van der Waals surface area contributed by atoms with Crippen LogP contribution in [0.2, 0.25) is 0 Å². The first-order chi connectivity index (χ1) is 13.0. The number of aliphatic hydroxyl groups excluding tert-OH is 1. The van der Waals surface area contributed by atoms with Crippen molar-refractivity contribution in [3.8, 4) is 0 Å². The minimum absolute atomic E-state index is 0.145. The standard InChI is InChI=1S/C24H32N2O/c1-15-16(2)18(4)23-21(17(15)3)14-22(24(23)27)25-19-10-12-26(13-11-19)20-8-6-5-7-9-20/h5-9,19,22,24-25,27H,10-14H2,1-4H3/t22-,24-/m0/s1. The zero-order chi connectivity index (χ0) is 19.1. The van der Waals surface area contributed by atoms with Gasteiger partial charge in [-0.25, -0.2) is 0 Å². The van der Waals surface area contributed by atoms with E-state index in [0.717, 1.165) is 32.4 Å². The number of fused-ring (bicyclic) bond motifs is 1. The van der Waals surface area contributed by atoms with E-state index in [4.69, 9.17) is 0 Å². The molecular weight excluding hydrogens is 332 g/mol. The zero-order valence-corrected chi connectivity index (χ0v) is 17.0. The van der Waals surface area contributed by atoms with Gasteiger partial charge in [-0.2, -0.15) is 0 Å². The Morgan fingerprint density at radius 1 is 0.889 bits per heavy atom. The molecule has 2 aromatic rings. The molecule has 0 spiro atoms. The second-order valence-electron chi connectivity index (χ2n) is 8.41. The van der Waals surface area contributed by atoms with Gasteiger partial charge in [0.15, 0.2) is 0 Å². The van der Waals surface area contributed by atoms with Crippen LogP contribution in [0, 0.1) is 27.7 Å². The summed E-state index contributed by atoms with van der Waals surface area (Å²) in [5.74, 6) is 0. The Balaban J connectivity index is 1.43. The van der Waals surface area contributed by atoms with Gasteiger partial charge in [0, 0.05) is 30.9 Å². The van der Waals surface area contributed by atoms with E-state index in [-0.39, 0.29) is 12.1 Å². The lowest BCUT2D eigenvalue weighted by atomic mass is 9.90. The van der Waals surface area contributed by atoms with Crippen molar-refractivity contribution in [3.63, 3.8) is 0 Å². The number of hydrogen-bond donors (Lipinski definition) is 2. The Morgan fingerprint density at radius 2 is 1.52 bits per heavy atom. The van der Waals surface area contributed by atoms with Crippen LogP contribution in [0.15, 0.2) is 30.3 Å². The number of para-hydroxylation sites is 1. The zero-order valence-electron chi connectivity index (χ0n) is 17.0. The molecule has 2 N–H and O–H groups in total. The maximum Gasteiger partial charge on any atom is 0.0951 e. The van der Waals surface area contributed by atoms with E-state index in [9.17, 15) is 5.11 Å². The fourth-order valence-corrected chi connectivity index (χ4v) is 5.01. The second kappa shape index (κ2) is 7.29. The molecule has 0 bridgehead atoms. The molecule has 4 rings (SSSR count). The van der Waals surface area contributed by atoms with Crippen LogP contribution in [0.3, 0.4) is 0 Å². The predicted molar refractivity (Wildman–Crippen MR) is 113 cm³/mol. The smallest absolute Gasteiger partial charge is 0.0951 e. The lowest BCUT2D eigenvalue weighted by Crippen LogP contribution is -2.47. The molecule has 0 radical (unpaired) electrons. The van der Waals surface area contributed by atoms with Crippen molar-refractivity contribution in [2.75, 3.05) is 18.0 Å². The second-order valence-corrected chi connectivity index (χ2v) is 8.41. The van der Waals surface area contributed by atoms with E-state index in [1.165, 1.54) is 39.1 Å². The number of anilines is 1. The van der Waals surface area contributed by atoms with Crippen LogP contribution < -0.4 is 10.2 Å².